The van der Waals surface area contributed by atoms with Gasteiger partial charge in [-0.15, -0.1) is 0 Å². The van der Waals surface area contributed by atoms with Crippen LogP contribution in [0.25, 0.3) is 33.4 Å². The topological polar surface area (TPSA) is 72.2 Å². The van der Waals surface area contributed by atoms with Gasteiger partial charge in [0.1, 0.15) is 0 Å². The summed E-state index contributed by atoms with van der Waals surface area (Å²) in [5.41, 5.74) is 14.4. The van der Waals surface area contributed by atoms with Gasteiger partial charge < -0.3 is 5.32 Å². The van der Waals surface area contributed by atoms with Crippen molar-refractivity contribution in [1.82, 2.24) is 0 Å². The number of fused-ring (bicyclic) bond motifs is 6. The van der Waals surface area contributed by atoms with Crippen molar-refractivity contribution >= 4 is 17.3 Å². The normalized spacial score (nSPS) is 14.3. The minimum absolute atomic E-state index is 0.0583. The van der Waals surface area contributed by atoms with Crippen LogP contribution in [0.5, 0.6) is 0 Å². The molecule has 7 rings (SSSR count). The van der Waals surface area contributed by atoms with Crippen molar-refractivity contribution < 1.29 is 9.72 Å². The Morgan fingerprint density at radius 1 is 0.622 bits per heavy atom. The molecular weight excluding hydrogens is 556 g/mol. The van der Waals surface area contributed by atoms with Crippen LogP contribution in [0, 0.1) is 22.0 Å². The highest BCUT2D eigenvalue weighted by Crippen LogP contribution is 2.52. The van der Waals surface area contributed by atoms with Gasteiger partial charge >= 0.3 is 0 Å². The molecule has 0 aromatic heterocycles. The van der Waals surface area contributed by atoms with Gasteiger partial charge in [0.2, 0.25) is 5.91 Å². The Bertz CT molecular complexity index is 2140. The Morgan fingerprint density at radius 2 is 1.07 bits per heavy atom. The van der Waals surface area contributed by atoms with E-state index in [1.807, 2.05) is 12.1 Å². The van der Waals surface area contributed by atoms with E-state index in [1.165, 1.54) is 74.7 Å². The molecule has 2 aliphatic carbocycles. The molecular formula is C40H32N2O3. The highest BCUT2D eigenvalue weighted by atomic mass is 16.6. The fraction of sp³-hybridized carbons (Fsp3) is 0.175. The number of nitrogens with zero attached hydrogens (tertiary/aromatic N) is 1. The summed E-state index contributed by atoms with van der Waals surface area (Å²) in [5.74, 6) is 6.33. The van der Waals surface area contributed by atoms with Gasteiger partial charge in [0.25, 0.3) is 5.69 Å². The van der Waals surface area contributed by atoms with Gasteiger partial charge in [-0.3, -0.25) is 14.9 Å². The lowest BCUT2D eigenvalue weighted by atomic mass is 9.80. The Morgan fingerprint density at radius 3 is 1.60 bits per heavy atom. The third-order valence-electron chi connectivity index (χ3n) is 9.43. The van der Waals surface area contributed by atoms with E-state index >= 15 is 0 Å². The number of nitrogens with one attached hydrogen (secondary N) is 1. The van der Waals surface area contributed by atoms with Crippen molar-refractivity contribution in [1.29, 1.82) is 0 Å². The number of rotatable bonds is 3. The third-order valence-corrected chi connectivity index (χ3v) is 9.43. The summed E-state index contributed by atoms with van der Waals surface area (Å²) in [4.78, 5) is 22.2. The predicted molar refractivity (Wildman–Crippen MR) is 180 cm³/mol. The average Bonchev–Trinajstić information content (AvgIpc) is 3.38. The number of hydrogen-bond acceptors (Lipinski definition) is 3. The molecule has 220 valence electrons. The van der Waals surface area contributed by atoms with Gasteiger partial charge in [-0.1, -0.05) is 75.9 Å². The van der Waals surface area contributed by atoms with Gasteiger partial charge in [0.15, 0.2) is 0 Å². The number of carbonyl (C=O) groups is 1. The molecule has 5 heteroatoms. The molecule has 1 N–H and O–H groups in total. The average molecular weight is 589 g/mol. The minimum atomic E-state index is -0.404. The molecule has 5 nitrogen and oxygen atoms in total. The molecule has 0 fully saturated rings. The van der Waals surface area contributed by atoms with E-state index in [-0.39, 0.29) is 22.4 Å². The lowest BCUT2D eigenvalue weighted by Gasteiger charge is -2.23. The van der Waals surface area contributed by atoms with Gasteiger partial charge in [0.05, 0.1) is 4.92 Å². The van der Waals surface area contributed by atoms with Gasteiger partial charge in [-0.25, -0.2) is 0 Å². The van der Waals surface area contributed by atoms with Crippen molar-refractivity contribution in [3.05, 3.63) is 141 Å². The number of nitro groups is 1. The zero-order valence-corrected chi connectivity index (χ0v) is 25.9. The van der Waals surface area contributed by atoms with Crippen LogP contribution < -0.4 is 5.32 Å². The second-order valence-electron chi connectivity index (χ2n) is 13.0. The molecule has 0 atom stereocenters. The van der Waals surface area contributed by atoms with Crippen LogP contribution in [-0.4, -0.2) is 10.8 Å². The molecule has 0 radical (unpaired) electrons. The Labute approximate surface area is 263 Å². The number of nitro benzene ring substituents is 1. The van der Waals surface area contributed by atoms with Gasteiger partial charge in [-0.2, -0.15) is 0 Å². The van der Waals surface area contributed by atoms with E-state index in [2.05, 4.69) is 106 Å². The minimum Gasteiger partial charge on any atom is -0.326 e. The Hall–Kier alpha value is -5.47. The maximum atomic E-state index is 11.7. The van der Waals surface area contributed by atoms with E-state index in [4.69, 9.17) is 0 Å². The second-order valence-corrected chi connectivity index (χ2v) is 13.0. The summed E-state index contributed by atoms with van der Waals surface area (Å²) in [6.45, 7) is 10.6. The first-order valence-corrected chi connectivity index (χ1v) is 15.1. The molecule has 5 aromatic carbocycles. The monoisotopic (exact) mass is 588 g/mol. The van der Waals surface area contributed by atoms with Crippen LogP contribution in [0.15, 0.2) is 97.1 Å². The maximum absolute atomic E-state index is 11.7. The number of hydrogen-bond donors (Lipinski definition) is 1. The van der Waals surface area contributed by atoms with Crippen molar-refractivity contribution in [3.63, 3.8) is 0 Å². The van der Waals surface area contributed by atoms with E-state index in [0.717, 1.165) is 16.8 Å². The first-order valence-electron chi connectivity index (χ1n) is 15.1. The molecule has 5 aromatic rings. The van der Waals surface area contributed by atoms with Crippen LogP contribution in [-0.2, 0) is 15.6 Å². The van der Waals surface area contributed by atoms with Crippen molar-refractivity contribution in [3.8, 4) is 45.2 Å². The fourth-order valence-corrected chi connectivity index (χ4v) is 7.00. The lowest BCUT2D eigenvalue weighted by Crippen LogP contribution is -2.16. The molecule has 1 amide bonds. The number of benzene rings is 5. The van der Waals surface area contributed by atoms with Gasteiger partial charge in [0, 0.05) is 46.7 Å². The number of non-ortho nitro benzene ring substituents is 1. The molecule has 0 spiro atoms. The van der Waals surface area contributed by atoms with Crippen LogP contribution in [0.2, 0.25) is 0 Å². The highest BCUT2D eigenvalue weighted by molar-refractivity contribution is 5.91. The smallest absolute Gasteiger partial charge is 0.269 e. The number of carbonyl (C=O) groups excluding carboxylic acids is 1. The summed E-state index contributed by atoms with van der Waals surface area (Å²) in [6.07, 6.45) is 0. The summed E-state index contributed by atoms with van der Waals surface area (Å²) < 4.78 is 0. The quantitative estimate of drug-likeness (QED) is 0.130. The molecule has 0 unspecified atom stereocenters. The summed E-state index contributed by atoms with van der Waals surface area (Å²) in [5, 5.41) is 13.9. The zero-order chi connectivity index (χ0) is 31.7. The molecule has 2 aliphatic rings. The van der Waals surface area contributed by atoms with E-state index in [9.17, 15) is 14.9 Å². The first-order chi connectivity index (χ1) is 21.4. The maximum Gasteiger partial charge on any atom is 0.269 e. The molecule has 0 heterocycles. The molecule has 0 saturated heterocycles. The predicted octanol–water partition coefficient (Wildman–Crippen LogP) is 9.23. The van der Waals surface area contributed by atoms with E-state index in [0.29, 0.717) is 0 Å². The third kappa shape index (κ3) is 4.62. The van der Waals surface area contributed by atoms with Crippen molar-refractivity contribution in [2.45, 2.75) is 45.4 Å². The molecule has 0 saturated carbocycles. The standard InChI is InChI=1S/C40H32N2O3/c1-24(43)41-29-13-19-34-33-18-12-28(22-37(33)40(4,5)38(34)23-29)27-11-17-32-31-16-10-26(20-35(31)39(2,3)36(32)21-27)7-6-25-8-14-30(15-9-25)42(44)45/h8-23H,1-5H3,(H,41,43). The van der Waals surface area contributed by atoms with E-state index < -0.39 is 4.92 Å². The van der Waals surface area contributed by atoms with Crippen LogP contribution in [0.3, 0.4) is 0 Å². The molecule has 45 heavy (non-hydrogen) atoms. The SMILES string of the molecule is CC(=O)Nc1ccc2c(c1)C(C)(C)c1cc(-c3ccc4c(c3)C(C)(C)c3cc(C#Cc5ccc([N+](=O)[O-])cc5)ccc3-4)ccc1-2. The van der Waals surface area contributed by atoms with Crippen LogP contribution in [0.4, 0.5) is 11.4 Å². The van der Waals surface area contributed by atoms with Crippen LogP contribution >= 0.6 is 0 Å². The number of anilines is 1. The fourth-order valence-electron chi connectivity index (χ4n) is 7.00. The lowest BCUT2D eigenvalue weighted by molar-refractivity contribution is -0.384. The largest absolute Gasteiger partial charge is 0.326 e. The van der Waals surface area contributed by atoms with Crippen molar-refractivity contribution in [2.75, 3.05) is 5.32 Å². The van der Waals surface area contributed by atoms with E-state index in [1.54, 1.807) is 12.1 Å². The summed E-state index contributed by atoms with van der Waals surface area (Å²) in [7, 11) is 0. The Balaban J connectivity index is 1.21. The summed E-state index contributed by atoms with van der Waals surface area (Å²) >= 11 is 0. The zero-order valence-electron chi connectivity index (χ0n) is 25.9. The van der Waals surface area contributed by atoms with Crippen LogP contribution in [0.1, 0.15) is 68.0 Å². The highest BCUT2D eigenvalue weighted by Gasteiger charge is 2.37. The second kappa shape index (κ2) is 10.0. The summed E-state index contributed by atoms with van der Waals surface area (Å²) in [6, 6.07) is 32.5. The van der Waals surface area contributed by atoms with Gasteiger partial charge in [-0.05, 0) is 104 Å². The first kappa shape index (κ1) is 28.3. The molecule has 0 aliphatic heterocycles. The molecule has 0 bridgehead atoms. The Kier molecular flexibility index (Phi) is 6.31. The van der Waals surface area contributed by atoms with Crippen molar-refractivity contribution in [2.24, 2.45) is 0 Å². The number of amides is 1.